The number of nitrogens with zero attached hydrogens (tertiary/aromatic N) is 6. The summed E-state index contributed by atoms with van der Waals surface area (Å²) < 4.78 is 0. The predicted molar refractivity (Wildman–Crippen MR) is 197 cm³/mol. The Bertz CT molecular complexity index is 2130. The van der Waals surface area contributed by atoms with Gasteiger partial charge >= 0.3 is 21.1 Å². The standard InChI is InChI=1S/C26H16N2.C15H10ClN3.HNO3.Pt/c1(3-23-13-17-27-18-14-23)21-5-9-25(10-6-21)26-11-7-22(8-12-26)2-4-24-15-19-28-20-16-24;16-11-9-14(12-5-1-3-7-17-12)19-15(10-11)13-6-2-4-8-18-13;2-1(3)4;/h5-20H;1-10H;(H,2,3,4);/q;;;+2. The summed E-state index contributed by atoms with van der Waals surface area (Å²) in [5, 5.41) is 14.3. The second-order valence-corrected chi connectivity index (χ2v) is 10.8. The van der Waals surface area contributed by atoms with E-state index < -0.39 is 5.09 Å². The Balaban J connectivity index is 0.000000219. The van der Waals surface area contributed by atoms with Crippen molar-refractivity contribution in [2.45, 2.75) is 0 Å². The number of hydrogen-bond acceptors (Lipinski definition) is 7. The van der Waals surface area contributed by atoms with Gasteiger partial charge in [-0.15, -0.1) is 10.1 Å². The third kappa shape index (κ3) is 12.4. The van der Waals surface area contributed by atoms with Gasteiger partial charge in [0.15, 0.2) is 0 Å². The number of aromatic nitrogens is 5. The molecular formula is C41H27ClN6O3Pt+2. The Hall–Kier alpha value is -6.51. The summed E-state index contributed by atoms with van der Waals surface area (Å²) in [5.41, 5.74) is 9.28. The minimum atomic E-state index is -1.50. The van der Waals surface area contributed by atoms with Crippen molar-refractivity contribution in [3.8, 4) is 57.6 Å². The first-order valence-electron chi connectivity index (χ1n) is 15.3. The van der Waals surface area contributed by atoms with Crippen LogP contribution in [0, 0.1) is 33.8 Å². The molecule has 9 nitrogen and oxygen atoms in total. The maximum Gasteiger partial charge on any atom is 2.00 e. The number of halogens is 1. The summed E-state index contributed by atoms with van der Waals surface area (Å²) in [6, 6.07) is 39.1. The number of rotatable bonds is 3. The summed E-state index contributed by atoms with van der Waals surface area (Å²) in [6.45, 7) is 0. The molecule has 0 aliphatic rings. The van der Waals surface area contributed by atoms with Crippen LogP contribution in [0.1, 0.15) is 22.3 Å². The van der Waals surface area contributed by atoms with Gasteiger partial charge in [0.05, 0.1) is 22.8 Å². The van der Waals surface area contributed by atoms with Crippen LogP contribution in [0.15, 0.2) is 159 Å². The van der Waals surface area contributed by atoms with E-state index in [4.69, 9.17) is 26.9 Å². The zero-order chi connectivity index (χ0) is 35.7. The Kier molecular flexibility index (Phi) is 14.9. The van der Waals surface area contributed by atoms with Gasteiger partial charge in [-0.3, -0.25) is 19.9 Å². The van der Waals surface area contributed by atoms with Gasteiger partial charge in [-0.05, 0) is 96.1 Å². The van der Waals surface area contributed by atoms with E-state index in [1.54, 1.807) is 49.3 Å². The minimum Gasteiger partial charge on any atom is -0.328 e. The molecule has 0 spiro atoms. The normalized spacial score (nSPS) is 9.40. The van der Waals surface area contributed by atoms with E-state index in [-0.39, 0.29) is 21.1 Å². The molecule has 0 fully saturated rings. The van der Waals surface area contributed by atoms with Crippen LogP contribution in [0.3, 0.4) is 0 Å². The number of pyridine rings is 5. The zero-order valence-electron chi connectivity index (χ0n) is 27.2. The van der Waals surface area contributed by atoms with Crippen LogP contribution >= 0.6 is 11.6 Å². The van der Waals surface area contributed by atoms with Crippen LogP contribution in [0.2, 0.25) is 5.02 Å². The Morgan fingerprint density at radius 1 is 0.519 bits per heavy atom. The number of benzene rings is 2. The molecule has 0 saturated carbocycles. The molecule has 0 aliphatic heterocycles. The van der Waals surface area contributed by atoms with E-state index in [2.05, 4.69) is 72.9 Å². The zero-order valence-corrected chi connectivity index (χ0v) is 30.2. The monoisotopic (exact) mass is 881 g/mol. The first-order valence-corrected chi connectivity index (χ1v) is 15.7. The quantitative estimate of drug-likeness (QED) is 0.107. The minimum absolute atomic E-state index is 0. The molecule has 1 N–H and O–H groups in total. The van der Waals surface area contributed by atoms with Gasteiger partial charge in [0.1, 0.15) is 0 Å². The van der Waals surface area contributed by atoms with E-state index in [1.165, 1.54) is 0 Å². The van der Waals surface area contributed by atoms with Crippen LogP contribution in [0.4, 0.5) is 0 Å². The molecule has 0 radical (unpaired) electrons. The molecule has 0 amide bonds. The fraction of sp³-hybridized carbons (Fsp3) is 0. The molecule has 5 heterocycles. The van der Waals surface area contributed by atoms with Crippen molar-refractivity contribution < 1.29 is 31.4 Å². The van der Waals surface area contributed by atoms with Crippen molar-refractivity contribution in [2.75, 3.05) is 0 Å². The summed E-state index contributed by atoms with van der Waals surface area (Å²) >= 11 is 6.15. The van der Waals surface area contributed by atoms with Crippen LogP contribution < -0.4 is 0 Å². The van der Waals surface area contributed by atoms with Crippen molar-refractivity contribution in [3.05, 3.63) is 196 Å². The van der Waals surface area contributed by atoms with Crippen molar-refractivity contribution >= 4 is 11.6 Å². The van der Waals surface area contributed by atoms with Gasteiger partial charge in [0, 0.05) is 64.5 Å². The first kappa shape index (κ1) is 38.3. The van der Waals surface area contributed by atoms with Gasteiger partial charge in [-0.1, -0.05) is 71.7 Å². The Labute approximate surface area is 319 Å². The van der Waals surface area contributed by atoms with Gasteiger partial charge in [0.25, 0.3) is 5.09 Å². The topological polar surface area (TPSA) is 128 Å². The van der Waals surface area contributed by atoms with Gasteiger partial charge in [-0.2, -0.15) is 0 Å². The maximum absolute atomic E-state index is 8.36. The molecule has 0 bridgehead atoms. The average molecular weight is 882 g/mol. The van der Waals surface area contributed by atoms with Gasteiger partial charge in [-0.25, -0.2) is 4.98 Å². The second-order valence-electron chi connectivity index (χ2n) is 10.4. The summed E-state index contributed by atoms with van der Waals surface area (Å²) in [4.78, 5) is 29.5. The SMILES string of the molecule is C(#Cc1ccc(-c2ccc(C#Cc3ccncc3)cc2)cc1)c1ccncc1.Clc1cc(-c2ccccn2)nc(-c2ccccn2)c1.O=[N+]([O-])O.[Pt+2]. The molecule has 7 rings (SSSR count). The molecule has 0 unspecified atom stereocenters. The summed E-state index contributed by atoms with van der Waals surface area (Å²) in [5.74, 6) is 12.7. The van der Waals surface area contributed by atoms with Gasteiger partial charge < -0.3 is 5.21 Å². The molecule has 254 valence electrons. The Morgan fingerprint density at radius 3 is 1.19 bits per heavy atom. The Morgan fingerprint density at radius 2 is 0.865 bits per heavy atom. The predicted octanol–water partition coefficient (Wildman–Crippen LogP) is 8.45. The fourth-order valence-corrected chi connectivity index (χ4v) is 4.65. The van der Waals surface area contributed by atoms with Crippen LogP contribution in [-0.4, -0.2) is 35.2 Å². The second kappa shape index (κ2) is 20.2. The third-order valence-corrected chi connectivity index (χ3v) is 7.03. The molecule has 11 heteroatoms. The van der Waals surface area contributed by atoms with E-state index in [0.717, 1.165) is 56.2 Å². The van der Waals surface area contributed by atoms with E-state index >= 15 is 0 Å². The third-order valence-electron chi connectivity index (χ3n) is 6.81. The number of hydrogen-bond donors (Lipinski definition) is 1. The largest absolute Gasteiger partial charge is 2.00 e. The van der Waals surface area contributed by atoms with Crippen LogP contribution in [0.25, 0.3) is 33.9 Å². The smallest absolute Gasteiger partial charge is 0.328 e. The summed E-state index contributed by atoms with van der Waals surface area (Å²) in [7, 11) is 0. The van der Waals surface area contributed by atoms with Crippen LogP contribution in [0.5, 0.6) is 0 Å². The molecule has 0 aliphatic carbocycles. The molecule has 5 aromatic heterocycles. The fourth-order valence-electron chi connectivity index (χ4n) is 4.44. The van der Waals surface area contributed by atoms with E-state index in [1.807, 2.05) is 84.9 Å². The van der Waals surface area contributed by atoms with Gasteiger partial charge in [0.2, 0.25) is 0 Å². The van der Waals surface area contributed by atoms with Crippen molar-refractivity contribution in [2.24, 2.45) is 0 Å². The molecule has 7 aromatic rings. The molecule has 52 heavy (non-hydrogen) atoms. The van der Waals surface area contributed by atoms with Crippen LogP contribution in [-0.2, 0) is 21.1 Å². The van der Waals surface area contributed by atoms with Crippen molar-refractivity contribution in [1.29, 1.82) is 0 Å². The molecule has 2 aromatic carbocycles. The molecule has 0 atom stereocenters. The molecular weight excluding hydrogens is 855 g/mol. The van der Waals surface area contributed by atoms with E-state index in [0.29, 0.717) is 5.02 Å². The summed E-state index contributed by atoms with van der Waals surface area (Å²) in [6.07, 6.45) is 10.5. The van der Waals surface area contributed by atoms with E-state index in [9.17, 15) is 0 Å². The average Bonchev–Trinajstić information content (AvgIpc) is 3.18. The first-order chi connectivity index (χ1) is 24.9. The van der Waals surface area contributed by atoms with Crippen molar-refractivity contribution in [1.82, 2.24) is 24.9 Å². The van der Waals surface area contributed by atoms with Crippen molar-refractivity contribution in [3.63, 3.8) is 0 Å². The molecule has 0 saturated heterocycles. The maximum atomic E-state index is 8.36.